The first-order chi connectivity index (χ1) is 6.72. The fourth-order valence-electron chi connectivity index (χ4n) is 1.64. The molecule has 0 aliphatic heterocycles. The highest BCUT2D eigenvalue weighted by Crippen LogP contribution is 2.41. The lowest BCUT2D eigenvalue weighted by Gasteiger charge is -2.12. The second-order valence-electron chi connectivity index (χ2n) is 3.93. The van der Waals surface area contributed by atoms with E-state index >= 15 is 0 Å². The van der Waals surface area contributed by atoms with E-state index in [1.165, 1.54) is 18.4 Å². The number of hydrogen-bond acceptors (Lipinski definition) is 1. The number of aliphatic hydroxyl groups is 1. The maximum Gasteiger partial charge on any atom is 0.0500 e. The molecule has 14 heavy (non-hydrogen) atoms. The zero-order valence-electron chi connectivity index (χ0n) is 8.04. The summed E-state index contributed by atoms with van der Waals surface area (Å²) in [5, 5.41) is 9.07. The number of rotatable bonds is 3. The van der Waals surface area contributed by atoms with Gasteiger partial charge in [-0.1, -0.05) is 28.1 Å². The summed E-state index contributed by atoms with van der Waals surface area (Å²) in [6, 6.07) is 6.40. The van der Waals surface area contributed by atoms with Gasteiger partial charge in [-0.3, -0.25) is 0 Å². The molecule has 1 fully saturated rings. The lowest BCUT2D eigenvalue weighted by Crippen LogP contribution is -2.01. The first-order valence-corrected chi connectivity index (χ1v) is 5.75. The molecule has 1 N–H and O–H groups in total. The van der Waals surface area contributed by atoms with Crippen molar-refractivity contribution in [3.05, 3.63) is 40.7 Å². The minimum atomic E-state index is -0.0249. The van der Waals surface area contributed by atoms with E-state index in [9.17, 15) is 0 Å². The molecule has 1 radical (unpaired) electrons. The van der Waals surface area contributed by atoms with Gasteiger partial charge in [0, 0.05) is 17.0 Å². The molecule has 0 spiro atoms. The first kappa shape index (κ1) is 10.2. The molecule has 1 saturated carbocycles. The molecule has 0 amide bonds. The van der Waals surface area contributed by atoms with Crippen LogP contribution in [0.2, 0.25) is 0 Å². The van der Waals surface area contributed by atoms with Gasteiger partial charge in [-0.25, -0.2) is 0 Å². The van der Waals surface area contributed by atoms with E-state index in [1.807, 2.05) is 0 Å². The maximum atomic E-state index is 9.07. The highest BCUT2D eigenvalue weighted by molar-refractivity contribution is 9.10. The first-order valence-electron chi connectivity index (χ1n) is 4.95. The number of aliphatic hydroxyl groups excluding tert-OH is 1. The molecule has 1 atom stereocenters. The van der Waals surface area contributed by atoms with E-state index in [2.05, 4.69) is 41.1 Å². The molecular formula is C12H14BrO. The van der Waals surface area contributed by atoms with Crippen molar-refractivity contribution < 1.29 is 5.11 Å². The standard InChI is InChI=1S/C12H14BrO/c1-8(7-14)11-6-10(9-2-3-9)4-5-12(11)13/h4-6,8-9,14H,1-3,7H2. The number of benzene rings is 1. The van der Waals surface area contributed by atoms with Gasteiger partial charge in [0.05, 0.1) is 0 Å². The van der Waals surface area contributed by atoms with E-state index in [4.69, 9.17) is 5.11 Å². The highest BCUT2D eigenvalue weighted by atomic mass is 79.9. The quantitative estimate of drug-likeness (QED) is 0.877. The van der Waals surface area contributed by atoms with Crippen LogP contribution in [0.15, 0.2) is 22.7 Å². The Labute approximate surface area is 93.3 Å². The van der Waals surface area contributed by atoms with Gasteiger partial charge in [-0.15, -0.1) is 0 Å². The van der Waals surface area contributed by atoms with Crippen molar-refractivity contribution in [1.29, 1.82) is 0 Å². The Kier molecular flexibility index (Phi) is 2.93. The van der Waals surface area contributed by atoms with Gasteiger partial charge in [0.25, 0.3) is 0 Å². The van der Waals surface area contributed by atoms with E-state index in [0.717, 1.165) is 16.0 Å². The third-order valence-corrected chi connectivity index (χ3v) is 3.45. The minimum absolute atomic E-state index is 0.0249. The summed E-state index contributed by atoms with van der Waals surface area (Å²) >= 11 is 3.49. The SMILES string of the molecule is [CH2]C(CO)c1cc(C2CC2)ccc1Br. The normalized spacial score (nSPS) is 18.2. The van der Waals surface area contributed by atoms with E-state index in [0.29, 0.717) is 0 Å². The largest absolute Gasteiger partial charge is 0.396 e. The molecule has 2 rings (SSSR count). The zero-order valence-corrected chi connectivity index (χ0v) is 9.63. The maximum absolute atomic E-state index is 9.07. The Bertz CT molecular complexity index is 331. The van der Waals surface area contributed by atoms with Crippen LogP contribution in [0.25, 0.3) is 0 Å². The van der Waals surface area contributed by atoms with Crippen LogP contribution in [0.5, 0.6) is 0 Å². The molecule has 1 aromatic carbocycles. The topological polar surface area (TPSA) is 20.2 Å². The molecule has 0 aromatic heterocycles. The smallest absolute Gasteiger partial charge is 0.0500 e. The predicted molar refractivity (Wildman–Crippen MR) is 61.3 cm³/mol. The third kappa shape index (κ3) is 2.01. The van der Waals surface area contributed by atoms with Crippen molar-refractivity contribution in [2.75, 3.05) is 6.61 Å². The second kappa shape index (κ2) is 4.03. The van der Waals surface area contributed by atoms with Crippen LogP contribution in [-0.4, -0.2) is 11.7 Å². The Morgan fingerprint density at radius 1 is 1.50 bits per heavy atom. The number of hydrogen-bond donors (Lipinski definition) is 1. The van der Waals surface area contributed by atoms with Crippen molar-refractivity contribution in [2.24, 2.45) is 0 Å². The Balaban J connectivity index is 2.31. The van der Waals surface area contributed by atoms with Gasteiger partial charge in [-0.2, -0.15) is 0 Å². The molecule has 1 aromatic rings. The van der Waals surface area contributed by atoms with Gasteiger partial charge in [-0.05, 0) is 42.9 Å². The van der Waals surface area contributed by atoms with E-state index < -0.39 is 0 Å². The molecule has 1 aliphatic rings. The number of halogens is 1. The van der Waals surface area contributed by atoms with Crippen LogP contribution >= 0.6 is 15.9 Å². The van der Waals surface area contributed by atoms with Crippen LogP contribution in [0.1, 0.15) is 35.8 Å². The van der Waals surface area contributed by atoms with Crippen LogP contribution in [0.4, 0.5) is 0 Å². The van der Waals surface area contributed by atoms with Gasteiger partial charge in [0.2, 0.25) is 0 Å². The van der Waals surface area contributed by atoms with Crippen molar-refractivity contribution in [1.82, 2.24) is 0 Å². The van der Waals surface area contributed by atoms with Gasteiger partial charge in [0.1, 0.15) is 0 Å². The van der Waals surface area contributed by atoms with Crippen molar-refractivity contribution >= 4 is 15.9 Å². The van der Waals surface area contributed by atoms with Crippen LogP contribution in [0, 0.1) is 6.92 Å². The average Bonchev–Trinajstić information content (AvgIpc) is 3.01. The van der Waals surface area contributed by atoms with Crippen LogP contribution in [-0.2, 0) is 0 Å². The molecule has 1 nitrogen and oxygen atoms in total. The highest BCUT2D eigenvalue weighted by Gasteiger charge is 2.24. The summed E-state index contributed by atoms with van der Waals surface area (Å²) in [5.41, 5.74) is 2.52. The molecule has 1 unspecified atom stereocenters. The Hall–Kier alpha value is -0.340. The van der Waals surface area contributed by atoms with Gasteiger partial charge in [0.15, 0.2) is 0 Å². The lowest BCUT2D eigenvalue weighted by atomic mass is 9.98. The summed E-state index contributed by atoms with van der Waals surface area (Å²) in [6.07, 6.45) is 2.62. The van der Waals surface area contributed by atoms with Crippen LogP contribution < -0.4 is 0 Å². The molecule has 0 bridgehead atoms. The fraction of sp³-hybridized carbons (Fsp3) is 0.417. The summed E-state index contributed by atoms with van der Waals surface area (Å²) in [4.78, 5) is 0. The molecule has 75 valence electrons. The summed E-state index contributed by atoms with van der Waals surface area (Å²) < 4.78 is 1.05. The molecule has 0 saturated heterocycles. The monoisotopic (exact) mass is 253 g/mol. The van der Waals surface area contributed by atoms with E-state index in [1.54, 1.807) is 0 Å². The van der Waals surface area contributed by atoms with Crippen molar-refractivity contribution in [3.8, 4) is 0 Å². The Morgan fingerprint density at radius 3 is 2.79 bits per heavy atom. The van der Waals surface area contributed by atoms with Crippen molar-refractivity contribution in [3.63, 3.8) is 0 Å². The molecule has 2 heteroatoms. The fourth-order valence-corrected chi connectivity index (χ4v) is 2.21. The van der Waals surface area contributed by atoms with Gasteiger partial charge < -0.3 is 5.11 Å². The summed E-state index contributed by atoms with van der Waals surface area (Å²) in [7, 11) is 0. The van der Waals surface area contributed by atoms with Gasteiger partial charge >= 0.3 is 0 Å². The zero-order chi connectivity index (χ0) is 10.1. The van der Waals surface area contributed by atoms with Crippen molar-refractivity contribution in [2.45, 2.75) is 24.7 Å². The molecule has 0 heterocycles. The molecular weight excluding hydrogens is 240 g/mol. The predicted octanol–water partition coefficient (Wildman–Crippen LogP) is 3.24. The van der Waals surface area contributed by atoms with E-state index in [-0.39, 0.29) is 12.5 Å². The van der Waals surface area contributed by atoms with Crippen LogP contribution in [0.3, 0.4) is 0 Å². The molecule has 1 aliphatic carbocycles. The average molecular weight is 254 g/mol. The lowest BCUT2D eigenvalue weighted by molar-refractivity contribution is 0.282. The summed E-state index contributed by atoms with van der Waals surface area (Å²) in [5.74, 6) is 0.732. The third-order valence-electron chi connectivity index (χ3n) is 2.73. The Morgan fingerprint density at radius 2 is 2.21 bits per heavy atom. The summed E-state index contributed by atoms with van der Waals surface area (Å²) in [6.45, 7) is 4.03. The minimum Gasteiger partial charge on any atom is -0.396 e. The second-order valence-corrected chi connectivity index (χ2v) is 4.79.